The molecular weight excluding hydrogens is 274 g/mol. The van der Waals surface area contributed by atoms with Gasteiger partial charge in [-0.05, 0) is 5.92 Å². The molecule has 2 amide bonds. The molecule has 2 heterocycles. The van der Waals surface area contributed by atoms with Crippen molar-refractivity contribution in [3.63, 3.8) is 0 Å². The van der Waals surface area contributed by atoms with Gasteiger partial charge in [0, 0.05) is 46.2 Å². The predicted molar refractivity (Wildman–Crippen MR) is 75.6 cm³/mol. The second-order valence-corrected chi connectivity index (χ2v) is 5.97. The number of nitrogens with zero attached hydrogens (tertiary/aromatic N) is 3. The van der Waals surface area contributed by atoms with Gasteiger partial charge in [-0.15, -0.1) is 0 Å². The van der Waals surface area contributed by atoms with E-state index in [-0.39, 0.29) is 23.7 Å². The van der Waals surface area contributed by atoms with Crippen molar-refractivity contribution in [1.82, 2.24) is 14.7 Å². The summed E-state index contributed by atoms with van der Waals surface area (Å²) in [4.78, 5) is 39.8. The van der Waals surface area contributed by atoms with Crippen molar-refractivity contribution >= 4 is 17.8 Å². The molecule has 1 atom stereocenters. The molecule has 1 N–H and O–H groups in total. The number of carbonyl (C=O) groups is 3. The van der Waals surface area contributed by atoms with Crippen LogP contribution in [-0.4, -0.2) is 83.4 Å². The summed E-state index contributed by atoms with van der Waals surface area (Å²) in [6, 6.07) is 0. The Balaban J connectivity index is 1.70. The van der Waals surface area contributed by atoms with Gasteiger partial charge in [-0.25, -0.2) is 0 Å². The van der Waals surface area contributed by atoms with Crippen molar-refractivity contribution in [2.75, 3.05) is 45.8 Å². The van der Waals surface area contributed by atoms with E-state index in [9.17, 15) is 14.4 Å². The van der Waals surface area contributed by atoms with Gasteiger partial charge in [0.2, 0.25) is 11.8 Å². The van der Waals surface area contributed by atoms with Crippen molar-refractivity contribution in [2.45, 2.75) is 13.8 Å². The first-order valence-corrected chi connectivity index (χ1v) is 7.37. The van der Waals surface area contributed by atoms with Gasteiger partial charge in [0.15, 0.2) is 0 Å². The molecular formula is C14H23N3O4. The zero-order valence-corrected chi connectivity index (χ0v) is 12.6. The fourth-order valence-electron chi connectivity index (χ4n) is 2.82. The Labute approximate surface area is 124 Å². The summed E-state index contributed by atoms with van der Waals surface area (Å²) in [6.45, 7) is 7.32. The minimum absolute atomic E-state index is 0.0512. The fourth-order valence-corrected chi connectivity index (χ4v) is 2.82. The minimum atomic E-state index is -0.772. The van der Waals surface area contributed by atoms with Crippen LogP contribution < -0.4 is 0 Å². The maximum atomic E-state index is 12.2. The first-order valence-electron chi connectivity index (χ1n) is 7.37. The van der Waals surface area contributed by atoms with Gasteiger partial charge in [0.25, 0.3) is 0 Å². The zero-order chi connectivity index (χ0) is 15.6. The Hall–Kier alpha value is -1.63. The van der Waals surface area contributed by atoms with Gasteiger partial charge in [0.05, 0.1) is 12.5 Å². The molecule has 2 saturated heterocycles. The number of aliphatic carboxylic acids is 1. The third-order valence-corrected chi connectivity index (χ3v) is 4.52. The van der Waals surface area contributed by atoms with Crippen molar-refractivity contribution in [1.29, 1.82) is 0 Å². The van der Waals surface area contributed by atoms with Gasteiger partial charge in [-0.3, -0.25) is 19.3 Å². The molecule has 1 unspecified atom stereocenters. The lowest BCUT2D eigenvalue weighted by Crippen LogP contribution is -2.56. The van der Waals surface area contributed by atoms with Gasteiger partial charge >= 0.3 is 5.97 Å². The molecule has 21 heavy (non-hydrogen) atoms. The standard InChI is InChI=1S/C14H23N3O4/c1-10(14(20)21)12-7-15(8-12)9-13(19)17-5-3-16(4-6-17)11(2)18/h10,12H,3-9H2,1-2H3,(H,20,21). The van der Waals surface area contributed by atoms with Crippen molar-refractivity contribution < 1.29 is 19.5 Å². The van der Waals surface area contributed by atoms with E-state index in [1.54, 1.807) is 23.6 Å². The molecule has 0 aromatic carbocycles. The number of likely N-dealkylation sites (tertiary alicyclic amines) is 1. The van der Waals surface area contributed by atoms with Crippen molar-refractivity contribution in [2.24, 2.45) is 11.8 Å². The highest BCUT2D eigenvalue weighted by Crippen LogP contribution is 2.23. The number of piperazine rings is 1. The van der Waals surface area contributed by atoms with E-state index >= 15 is 0 Å². The van der Waals surface area contributed by atoms with E-state index in [0.29, 0.717) is 45.8 Å². The van der Waals surface area contributed by atoms with Crippen LogP contribution in [0.2, 0.25) is 0 Å². The van der Waals surface area contributed by atoms with Gasteiger partial charge in [-0.1, -0.05) is 6.92 Å². The number of carboxylic acid groups (broad SMARTS) is 1. The summed E-state index contributed by atoms with van der Waals surface area (Å²) >= 11 is 0. The zero-order valence-electron chi connectivity index (χ0n) is 12.6. The van der Waals surface area contributed by atoms with Crippen LogP contribution in [0.5, 0.6) is 0 Å². The van der Waals surface area contributed by atoms with E-state index in [0.717, 1.165) is 0 Å². The summed E-state index contributed by atoms with van der Waals surface area (Å²) in [7, 11) is 0. The fraction of sp³-hybridized carbons (Fsp3) is 0.786. The number of rotatable bonds is 4. The van der Waals surface area contributed by atoms with Crippen LogP contribution in [0.4, 0.5) is 0 Å². The molecule has 0 saturated carbocycles. The molecule has 118 valence electrons. The molecule has 7 nitrogen and oxygen atoms in total. The van der Waals surface area contributed by atoms with E-state index in [1.165, 1.54) is 0 Å². The Kier molecular flexibility index (Phi) is 4.82. The second-order valence-electron chi connectivity index (χ2n) is 5.97. The summed E-state index contributed by atoms with van der Waals surface area (Å²) < 4.78 is 0. The summed E-state index contributed by atoms with van der Waals surface area (Å²) in [5.41, 5.74) is 0. The summed E-state index contributed by atoms with van der Waals surface area (Å²) in [6.07, 6.45) is 0. The molecule has 2 rings (SSSR count). The molecule has 0 radical (unpaired) electrons. The molecule has 7 heteroatoms. The second kappa shape index (κ2) is 6.43. The van der Waals surface area contributed by atoms with Gasteiger partial charge in [-0.2, -0.15) is 0 Å². The largest absolute Gasteiger partial charge is 0.481 e. The molecule has 0 spiro atoms. The lowest BCUT2D eigenvalue weighted by molar-refractivity contribution is -0.146. The molecule has 0 bridgehead atoms. The van der Waals surface area contributed by atoms with E-state index in [1.807, 2.05) is 4.90 Å². The van der Waals surface area contributed by atoms with Crippen LogP contribution in [0.15, 0.2) is 0 Å². The first kappa shape index (κ1) is 15.8. The topological polar surface area (TPSA) is 81.2 Å². The molecule has 2 fully saturated rings. The molecule has 0 aromatic heterocycles. The van der Waals surface area contributed by atoms with E-state index in [2.05, 4.69) is 0 Å². The summed E-state index contributed by atoms with van der Waals surface area (Å²) in [5, 5.41) is 8.93. The minimum Gasteiger partial charge on any atom is -0.481 e. The average molecular weight is 297 g/mol. The van der Waals surface area contributed by atoms with Crippen LogP contribution in [0, 0.1) is 11.8 Å². The van der Waals surface area contributed by atoms with Crippen LogP contribution in [0.1, 0.15) is 13.8 Å². The Morgan fingerprint density at radius 1 is 1.10 bits per heavy atom. The summed E-state index contributed by atoms with van der Waals surface area (Å²) in [5.74, 6) is -0.860. The normalized spacial score (nSPS) is 21.8. The lowest BCUT2D eigenvalue weighted by Gasteiger charge is -2.42. The first-order chi connectivity index (χ1) is 9.88. The quantitative estimate of drug-likeness (QED) is 0.744. The predicted octanol–water partition coefficient (Wildman–Crippen LogP) is -0.670. The lowest BCUT2D eigenvalue weighted by atomic mass is 9.87. The highest BCUT2D eigenvalue weighted by molar-refractivity contribution is 5.79. The third-order valence-electron chi connectivity index (χ3n) is 4.52. The Morgan fingerprint density at radius 3 is 2.10 bits per heavy atom. The highest BCUT2D eigenvalue weighted by Gasteiger charge is 2.36. The van der Waals surface area contributed by atoms with Gasteiger partial charge in [0.1, 0.15) is 0 Å². The number of hydrogen-bond donors (Lipinski definition) is 1. The van der Waals surface area contributed by atoms with E-state index in [4.69, 9.17) is 5.11 Å². The Bertz CT molecular complexity index is 426. The average Bonchev–Trinajstić information content (AvgIpc) is 2.41. The number of amides is 2. The highest BCUT2D eigenvalue weighted by atomic mass is 16.4. The third kappa shape index (κ3) is 3.72. The van der Waals surface area contributed by atoms with Gasteiger partial charge < -0.3 is 14.9 Å². The smallest absolute Gasteiger partial charge is 0.306 e. The molecule has 2 aliphatic rings. The van der Waals surface area contributed by atoms with Crippen molar-refractivity contribution in [3.05, 3.63) is 0 Å². The molecule has 0 aromatic rings. The number of carbonyl (C=O) groups excluding carboxylic acids is 2. The Morgan fingerprint density at radius 2 is 1.62 bits per heavy atom. The number of hydrogen-bond acceptors (Lipinski definition) is 4. The van der Waals surface area contributed by atoms with E-state index < -0.39 is 5.97 Å². The van der Waals surface area contributed by atoms with Crippen LogP contribution in [-0.2, 0) is 14.4 Å². The number of carboxylic acids is 1. The monoisotopic (exact) mass is 297 g/mol. The van der Waals surface area contributed by atoms with Crippen molar-refractivity contribution in [3.8, 4) is 0 Å². The molecule has 2 aliphatic heterocycles. The molecule has 0 aliphatic carbocycles. The van der Waals surface area contributed by atoms with Crippen LogP contribution >= 0.6 is 0 Å². The van der Waals surface area contributed by atoms with Crippen LogP contribution in [0.3, 0.4) is 0 Å². The maximum Gasteiger partial charge on any atom is 0.306 e. The SMILES string of the molecule is CC(=O)N1CCN(C(=O)CN2CC(C(C)C(=O)O)C2)CC1. The van der Waals surface area contributed by atoms with Crippen LogP contribution in [0.25, 0.3) is 0 Å². The maximum absolute atomic E-state index is 12.2.